The maximum atomic E-state index is 4.53. The Labute approximate surface area is 128 Å². The fourth-order valence-electron chi connectivity index (χ4n) is 2.07. The molecule has 0 aliphatic rings. The first-order valence-corrected chi connectivity index (χ1v) is 7.74. The Bertz CT molecular complexity index is 504. The summed E-state index contributed by atoms with van der Waals surface area (Å²) >= 11 is 2.34. The molecule has 4 heteroatoms. The summed E-state index contributed by atoms with van der Waals surface area (Å²) in [4.78, 5) is 0. The van der Waals surface area contributed by atoms with Gasteiger partial charge in [0.05, 0.1) is 11.7 Å². The molecule has 0 aliphatic carbocycles. The molecule has 2 rings (SSSR count). The van der Waals surface area contributed by atoms with E-state index in [1.807, 2.05) is 17.9 Å². The number of nitrogens with zero attached hydrogens (tertiary/aromatic N) is 2. The molecule has 3 nitrogen and oxygen atoms in total. The van der Waals surface area contributed by atoms with Gasteiger partial charge >= 0.3 is 0 Å². The van der Waals surface area contributed by atoms with Gasteiger partial charge in [-0.05, 0) is 65.7 Å². The lowest BCUT2D eigenvalue weighted by atomic mass is 10.0. The zero-order valence-corrected chi connectivity index (χ0v) is 13.6. The second kappa shape index (κ2) is 7.05. The maximum absolute atomic E-state index is 4.53. The molecule has 1 N–H and O–H groups in total. The predicted molar refractivity (Wildman–Crippen MR) is 87.1 cm³/mol. The van der Waals surface area contributed by atoms with Crippen LogP contribution in [0, 0.1) is 3.57 Å². The van der Waals surface area contributed by atoms with Crippen LogP contribution in [0.15, 0.2) is 36.5 Å². The van der Waals surface area contributed by atoms with Gasteiger partial charge in [0.15, 0.2) is 0 Å². The van der Waals surface area contributed by atoms with Gasteiger partial charge < -0.3 is 5.32 Å². The summed E-state index contributed by atoms with van der Waals surface area (Å²) < 4.78 is 3.14. The lowest BCUT2D eigenvalue weighted by molar-refractivity contribution is 0.510. The Balaban J connectivity index is 2.11. The van der Waals surface area contributed by atoms with Gasteiger partial charge in [0.2, 0.25) is 0 Å². The van der Waals surface area contributed by atoms with Gasteiger partial charge in [-0.1, -0.05) is 19.1 Å². The highest BCUT2D eigenvalue weighted by atomic mass is 127. The van der Waals surface area contributed by atoms with Crippen LogP contribution in [-0.4, -0.2) is 16.3 Å². The molecular formula is C15H20IN3. The fraction of sp³-hybridized carbons (Fsp3) is 0.400. The molecule has 1 atom stereocenters. The Morgan fingerprint density at radius 2 is 2.00 bits per heavy atom. The second-order valence-electron chi connectivity index (χ2n) is 4.75. The van der Waals surface area contributed by atoms with Crippen LogP contribution in [0.25, 0.3) is 0 Å². The van der Waals surface area contributed by atoms with E-state index in [9.17, 15) is 0 Å². The molecule has 0 amide bonds. The Morgan fingerprint density at radius 1 is 1.26 bits per heavy atom. The van der Waals surface area contributed by atoms with E-state index in [0.717, 1.165) is 25.1 Å². The van der Waals surface area contributed by atoms with E-state index in [1.165, 1.54) is 9.13 Å². The lowest BCUT2D eigenvalue weighted by Gasteiger charge is -2.16. The first kappa shape index (κ1) is 14.5. The molecule has 1 heterocycles. The van der Waals surface area contributed by atoms with Crippen LogP contribution < -0.4 is 5.32 Å². The van der Waals surface area contributed by atoms with Crippen molar-refractivity contribution < 1.29 is 0 Å². The molecule has 0 aliphatic heterocycles. The number of aromatic nitrogens is 2. The Hall–Kier alpha value is -0.880. The van der Waals surface area contributed by atoms with Crippen LogP contribution in [-0.2, 0) is 13.5 Å². The van der Waals surface area contributed by atoms with Crippen LogP contribution in [0.4, 0.5) is 0 Å². The van der Waals surface area contributed by atoms with Crippen molar-refractivity contribution in [3.8, 4) is 0 Å². The highest BCUT2D eigenvalue weighted by Gasteiger charge is 2.14. The summed E-state index contributed by atoms with van der Waals surface area (Å²) in [5, 5.41) is 8.11. The van der Waals surface area contributed by atoms with Gasteiger partial charge in [0, 0.05) is 16.8 Å². The van der Waals surface area contributed by atoms with Crippen LogP contribution >= 0.6 is 22.6 Å². The van der Waals surface area contributed by atoms with Crippen molar-refractivity contribution >= 4 is 22.6 Å². The highest BCUT2D eigenvalue weighted by Crippen LogP contribution is 2.17. The summed E-state index contributed by atoms with van der Waals surface area (Å²) in [5.41, 5.74) is 2.47. The third-order valence-electron chi connectivity index (χ3n) is 3.09. The molecule has 0 bridgehead atoms. The van der Waals surface area contributed by atoms with E-state index < -0.39 is 0 Å². The molecule has 102 valence electrons. The van der Waals surface area contributed by atoms with Crippen molar-refractivity contribution in [3.63, 3.8) is 0 Å². The normalized spacial score (nSPS) is 12.6. The topological polar surface area (TPSA) is 29.9 Å². The highest BCUT2D eigenvalue weighted by molar-refractivity contribution is 14.1. The molecular weight excluding hydrogens is 349 g/mol. The zero-order chi connectivity index (χ0) is 13.7. The van der Waals surface area contributed by atoms with Crippen molar-refractivity contribution in [3.05, 3.63) is 51.4 Å². The minimum Gasteiger partial charge on any atom is -0.308 e. The number of hydrogen-bond donors (Lipinski definition) is 1. The van der Waals surface area contributed by atoms with Gasteiger partial charge in [-0.2, -0.15) is 5.10 Å². The number of hydrogen-bond acceptors (Lipinski definition) is 2. The van der Waals surface area contributed by atoms with Crippen LogP contribution in [0.3, 0.4) is 0 Å². The third-order valence-corrected chi connectivity index (χ3v) is 3.80. The first-order valence-electron chi connectivity index (χ1n) is 6.66. The largest absolute Gasteiger partial charge is 0.308 e. The third kappa shape index (κ3) is 4.31. The first-order chi connectivity index (χ1) is 9.19. The monoisotopic (exact) mass is 369 g/mol. The summed E-state index contributed by atoms with van der Waals surface area (Å²) in [5.74, 6) is 0. The number of nitrogens with one attached hydrogen (secondary N) is 1. The van der Waals surface area contributed by atoms with E-state index in [2.05, 4.69) is 70.3 Å². The molecule has 1 aromatic carbocycles. The van der Waals surface area contributed by atoms with E-state index >= 15 is 0 Å². The van der Waals surface area contributed by atoms with Crippen LogP contribution in [0.2, 0.25) is 0 Å². The molecule has 19 heavy (non-hydrogen) atoms. The average Bonchev–Trinajstić information content (AvgIpc) is 2.83. The SMILES string of the molecule is CCCNC(Cc1ccc(I)cc1)c1ccn(C)n1. The summed E-state index contributed by atoms with van der Waals surface area (Å²) in [6.45, 7) is 3.21. The van der Waals surface area contributed by atoms with Crippen molar-refractivity contribution in [2.45, 2.75) is 25.8 Å². The molecule has 0 saturated heterocycles. The van der Waals surface area contributed by atoms with Crippen molar-refractivity contribution in [1.82, 2.24) is 15.1 Å². The van der Waals surface area contributed by atoms with Crippen molar-refractivity contribution in [1.29, 1.82) is 0 Å². The van der Waals surface area contributed by atoms with Gasteiger partial charge in [-0.3, -0.25) is 4.68 Å². The van der Waals surface area contributed by atoms with Gasteiger partial charge in [0.25, 0.3) is 0 Å². The maximum Gasteiger partial charge on any atom is 0.0797 e. The molecule has 1 unspecified atom stereocenters. The zero-order valence-electron chi connectivity index (χ0n) is 11.4. The molecule has 0 radical (unpaired) electrons. The number of halogens is 1. The minimum absolute atomic E-state index is 0.293. The van der Waals surface area contributed by atoms with Crippen molar-refractivity contribution in [2.75, 3.05) is 6.54 Å². The predicted octanol–water partition coefficient (Wildman–Crippen LogP) is 3.31. The smallest absolute Gasteiger partial charge is 0.0797 e. The van der Waals surface area contributed by atoms with Gasteiger partial charge in [0.1, 0.15) is 0 Å². The Morgan fingerprint density at radius 3 is 2.58 bits per heavy atom. The molecule has 0 spiro atoms. The summed E-state index contributed by atoms with van der Waals surface area (Å²) in [7, 11) is 1.96. The van der Waals surface area contributed by atoms with E-state index in [4.69, 9.17) is 0 Å². The van der Waals surface area contributed by atoms with Gasteiger partial charge in [-0.25, -0.2) is 0 Å². The summed E-state index contributed by atoms with van der Waals surface area (Å²) in [6, 6.07) is 11.1. The van der Waals surface area contributed by atoms with Gasteiger partial charge in [-0.15, -0.1) is 0 Å². The number of rotatable bonds is 6. The molecule has 0 fully saturated rings. The minimum atomic E-state index is 0.293. The summed E-state index contributed by atoms with van der Waals surface area (Å²) in [6.07, 6.45) is 4.12. The van der Waals surface area contributed by atoms with Crippen LogP contribution in [0.1, 0.15) is 30.6 Å². The quantitative estimate of drug-likeness (QED) is 0.792. The lowest BCUT2D eigenvalue weighted by Crippen LogP contribution is -2.24. The van der Waals surface area contributed by atoms with E-state index in [1.54, 1.807) is 0 Å². The molecule has 1 aromatic heterocycles. The number of benzene rings is 1. The van der Waals surface area contributed by atoms with E-state index in [-0.39, 0.29) is 0 Å². The van der Waals surface area contributed by atoms with Crippen molar-refractivity contribution in [2.24, 2.45) is 7.05 Å². The Kier molecular flexibility index (Phi) is 5.39. The number of aryl methyl sites for hydroxylation is 1. The molecule has 2 aromatic rings. The average molecular weight is 369 g/mol. The standard InChI is InChI=1S/C15H20IN3/c1-3-9-17-15(14-8-10-19(2)18-14)11-12-4-6-13(16)7-5-12/h4-8,10,15,17H,3,9,11H2,1-2H3. The second-order valence-corrected chi connectivity index (χ2v) is 6.00. The molecule has 0 saturated carbocycles. The van der Waals surface area contributed by atoms with E-state index in [0.29, 0.717) is 6.04 Å². The fourth-order valence-corrected chi connectivity index (χ4v) is 2.43. The van der Waals surface area contributed by atoms with Crippen LogP contribution in [0.5, 0.6) is 0 Å².